The van der Waals surface area contributed by atoms with Crippen molar-refractivity contribution in [2.45, 2.75) is 24.4 Å². The lowest BCUT2D eigenvalue weighted by atomic mass is 9.46. The highest BCUT2D eigenvalue weighted by Gasteiger charge is 2.69. The number of carbonyl (C=O) groups is 2. The summed E-state index contributed by atoms with van der Waals surface area (Å²) in [5.41, 5.74) is 3.54. The third kappa shape index (κ3) is 2.12. The molecule has 3 aliphatic carbocycles. The van der Waals surface area contributed by atoms with Gasteiger partial charge in [0.1, 0.15) is 5.75 Å². The fourth-order valence-corrected chi connectivity index (χ4v) is 6.53. The standard InChI is InChI=1S/C27H23NO4/c1-15(29)27-20-9-5-3-7-18(20)22(19-8-4-6-10-21(19)27)23-24(27)26(31)28(25(23)30)16-11-13-17(32-2)14-12-16/h3-15,22-24,29H,1-2H3/t15-,22?,23+,24+,27?/m1/s1. The van der Waals surface area contributed by atoms with Crippen molar-refractivity contribution in [2.75, 3.05) is 12.0 Å². The van der Waals surface area contributed by atoms with Gasteiger partial charge in [-0.3, -0.25) is 9.59 Å². The highest BCUT2D eigenvalue weighted by Crippen LogP contribution is 2.65. The van der Waals surface area contributed by atoms with Gasteiger partial charge >= 0.3 is 0 Å². The number of aliphatic hydroxyl groups excluding tert-OH is 1. The molecule has 3 atom stereocenters. The summed E-state index contributed by atoms with van der Waals surface area (Å²) in [4.78, 5) is 29.2. The number of amides is 2. The number of benzene rings is 3. The van der Waals surface area contributed by atoms with E-state index in [0.717, 1.165) is 22.3 Å². The third-order valence-corrected chi connectivity index (χ3v) is 7.67. The molecule has 4 aliphatic rings. The number of ether oxygens (including phenoxy) is 1. The van der Waals surface area contributed by atoms with E-state index in [4.69, 9.17) is 4.74 Å². The van der Waals surface area contributed by atoms with E-state index >= 15 is 0 Å². The molecule has 0 spiro atoms. The summed E-state index contributed by atoms with van der Waals surface area (Å²) >= 11 is 0. The number of anilines is 1. The Labute approximate surface area is 186 Å². The zero-order valence-electron chi connectivity index (χ0n) is 17.9. The predicted molar refractivity (Wildman–Crippen MR) is 120 cm³/mol. The number of carbonyl (C=O) groups excluding carboxylic acids is 2. The highest BCUT2D eigenvalue weighted by molar-refractivity contribution is 6.23. The van der Waals surface area contributed by atoms with Gasteiger partial charge in [-0.1, -0.05) is 48.5 Å². The van der Waals surface area contributed by atoms with E-state index in [1.807, 2.05) is 48.5 Å². The molecule has 3 aromatic carbocycles. The minimum Gasteiger partial charge on any atom is -0.497 e. The molecule has 3 aromatic rings. The maximum Gasteiger partial charge on any atom is 0.239 e. The zero-order chi connectivity index (χ0) is 22.2. The number of imide groups is 1. The van der Waals surface area contributed by atoms with E-state index in [1.54, 1.807) is 38.3 Å². The van der Waals surface area contributed by atoms with Crippen molar-refractivity contribution in [3.8, 4) is 5.75 Å². The molecule has 0 unspecified atom stereocenters. The molecule has 0 aromatic heterocycles. The van der Waals surface area contributed by atoms with E-state index in [-0.39, 0.29) is 17.7 Å². The number of rotatable bonds is 3. The minimum atomic E-state index is -0.972. The average molecular weight is 425 g/mol. The topological polar surface area (TPSA) is 66.8 Å². The van der Waals surface area contributed by atoms with Crippen molar-refractivity contribution in [1.29, 1.82) is 0 Å². The van der Waals surface area contributed by atoms with Gasteiger partial charge in [0.05, 0.1) is 36.2 Å². The van der Waals surface area contributed by atoms with Crippen LogP contribution in [0.5, 0.6) is 5.75 Å². The lowest BCUT2D eigenvalue weighted by Gasteiger charge is -2.55. The maximum atomic E-state index is 14.0. The Morgan fingerprint density at radius 2 is 1.44 bits per heavy atom. The molecule has 160 valence electrons. The fraction of sp³-hybridized carbons (Fsp3) is 0.259. The number of hydrogen-bond acceptors (Lipinski definition) is 4. The normalized spacial score (nSPS) is 28.2. The van der Waals surface area contributed by atoms with E-state index in [1.165, 1.54) is 4.90 Å². The second-order valence-electron chi connectivity index (χ2n) is 8.91. The van der Waals surface area contributed by atoms with Crippen LogP contribution in [0.4, 0.5) is 5.69 Å². The molecule has 1 aliphatic heterocycles. The molecule has 5 heteroatoms. The van der Waals surface area contributed by atoms with Gasteiger partial charge in [0.15, 0.2) is 0 Å². The largest absolute Gasteiger partial charge is 0.497 e. The Balaban J connectivity index is 1.62. The Bertz CT molecular complexity index is 1220. The van der Waals surface area contributed by atoms with E-state index in [9.17, 15) is 14.7 Å². The monoisotopic (exact) mass is 425 g/mol. The van der Waals surface area contributed by atoms with Crippen LogP contribution in [0.2, 0.25) is 0 Å². The van der Waals surface area contributed by atoms with E-state index in [0.29, 0.717) is 11.4 Å². The third-order valence-electron chi connectivity index (χ3n) is 7.67. The van der Waals surface area contributed by atoms with Crippen molar-refractivity contribution in [3.63, 3.8) is 0 Å². The number of nitrogens with zero attached hydrogens (tertiary/aromatic N) is 1. The van der Waals surface area contributed by atoms with Crippen LogP contribution in [0.3, 0.4) is 0 Å². The molecule has 0 radical (unpaired) electrons. The van der Waals surface area contributed by atoms with Gasteiger partial charge in [-0.15, -0.1) is 0 Å². The van der Waals surface area contributed by atoms with Crippen LogP contribution in [0, 0.1) is 11.8 Å². The van der Waals surface area contributed by atoms with Crippen molar-refractivity contribution in [3.05, 3.63) is 95.1 Å². The van der Waals surface area contributed by atoms with Crippen LogP contribution in [0.15, 0.2) is 72.8 Å². The van der Waals surface area contributed by atoms with Gasteiger partial charge in [0, 0.05) is 5.92 Å². The maximum absolute atomic E-state index is 14.0. The molecule has 2 bridgehead atoms. The molecular formula is C27H23NO4. The van der Waals surface area contributed by atoms with Gasteiger partial charge < -0.3 is 9.84 Å². The Kier molecular flexibility index (Phi) is 3.93. The summed E-state index contributed by atoms with van der Waals surface area (Å²) in [7, 11) is 1.58. The molecule has 1 fully saturated rings. The average Bonchev–Trinajstić information content (AvgIpc) is 3.09. The van der Waals surface area contributed by atoms with Crippen molar-refractivity contribution >= 4 is 17.5 Å². The molecule has 1 N–H and O–H groups in total. The summed E-state index contributed by atoms with van der Waals surface area (Å²) < 4.78 is 5.23. The summed E-state index contributed by atoms with van der Waals surface area (Å²) in [5.74, 6) is -1.22. The van der Waals surface area contributed by atoms with Crippen LogP contribution >= 0.6 is 0 Å². The van der Waals surface area contributed by atoms with Crippen LogP contribution in [0.1, 0.15) is 35.1 Å². The van der Waals surface area contributed by atoms with Crippen LogP contribution < -0.4 is 9.64 Å². The number of hydrogen-bond donors (Lipinski definition) is 1. The molecular weight excluding hydrogens is 402 g/mol. The fourth-order valence-electron chi connectivity index (χ4n) is 6.53. The lowest BCUT2D eigenvalue weighted by molar-refractivity contribution is -0.126. The van der Waals surface area contributed by atoms with Gasteiger partial charge in [-0.2, -0.15) is 0 Å². The molecule has 5 nitrogen and oxygen atoms in total. The molecule has 7 rings (SSSR count). The highest BCUT2D eigenvalue weighted by atomic mass is 16.5. The summed E-state index contributed by atoms with van der Waals surface area (Å²) in [5, 5.41) is 11.3. The van der Waals surface area contributed by atoms with Gasteiger partial charge in [-0.25, -0.2) is 4.90 Å². The van der Waals surface area contributed by atoms with Crippen LogP contribution in [-0.4, -0.2) is 30.1 Å². The molecule has 1 saturated heterocycles. The van der Waals surface area contributed by atoms with Crippen LogP contribution in [-0.2, 0) is 15.0 Å². The second kappa shape index (κ2) is 6.53. The summed E-state index contributed by atoms with van der Waals surface area (Å²) in [6.45, 7) is 1.74. The minimum absolute atomic E-state index is 0.204. The molecule has 1 heterocycles. The summed E-state index contributed by atoms with van der Waals surface area (Å²) in [6, 6.07) is 22.9. The second-order valence-corrected chi connectivity index (χ2v) is 8.91. The van der Waals surface area contributed by atoms with E-state index < -0.39 is 23.4 Å². The van der Waals surface area contributed by atoms with Crippen molar-refractivity contribution in [2.24, 2.45) is 11.8 Å². The zero-order valence-corrected chi connectivity index (χ0v) is 17.9. The Morgan fingerprint density at radius 3 is 1.97 bits per heavy atom. The van der Waals surface area contributed by atoms with Crippen molar-refractivity contribution < 1.29 is 19.4 Å². The van der Waals surface area contributed by atoms with Gasteiger partial charge in [0.2, 0.25) is 11.8 Å². The predicted octanol–water partition coefficient (Wildman–Crippen LogP) is 3.63. The van der Waals surface area contributed by atoms with Crippen LogP contribution in [0.25, 0.3) is 0 Å². The first-order chi connectivity index (χ1) is 15.5. The van der Waals surface area contributed by atoms with E-state index in [2.05, 4.69) is 0 Å². The smallest absolute Gasteiger partial charge is 0.239 e. The van der Waals surface area contributed by atoms with Crippen molar-refractivity contribution in [1.82, 2.24) is 0 Å². The first kappa shape index (κ1) is 19.3. The number of methoxy groups -OCH3 is 1. The lowest BCUT2D eigenvalue weighted by Crippen LogP contribution is -2.58. The molecule has 2 amide bonds. The van der Waals surface area contributed by atoms with Gasteiger partial charge in [0.25, 0.3) is 0 Å². The first-order valence-electron chi connectivity index (χ1n) is 10.9. The molecule has 0 saturated carbocycles. The number of aliphatic hydroxyl groups is 1. The summed E-state index contributed by atoms with van der Waals surface area (Å²) in [6.07, 6.45) is -0.855. The molecule has 32 heavy (non-hydrogen) atoms. The SMILES string of the molecule is COc1ccc(N2C(=O)[C@@H]3[C@@H](C2=O)C2c4ccccc4C3([C@@H](C)O)c3ccccc32)cc1. The Hall–Kier alpha value is -3.44. The Morgan fingerprint density at radius 1 is 0.875 bits per heavy atom. The van der Waals surface area contributed by atoms with Gasteiger partial charge in [-0.05, 0) is 53.4 Å². The first-order valence-corrected chi connectivity index (χ1v) is 10.9. The quantitative estimate of drug-likeness (QED) is 0.651.